The van der Waals surface area contributed by atoms with Crippen LogP contribution in [0.4, 0.5) is 5.69 Å². The van der Waals surface area contributed by atoms with Gasteiger partial charge in [-0.05, 0) is 117 Å². The van der Waals surface area contributed by atoms with Gasteiger partial charge in [0.25, 0.3) is 5.91 Å². The molecule has 2 aromatic carbocycles. The van der Waals surface area contributed by atoms with Crippen molar-refractivity contribution in [1.82, 2.24) is 4.72 Å². The Morgan fingerprint density at radius 2 is 1.85 bits per heavy atom. The third-order valence-corrected chi connectivity index (χ3v) is 14.7. The second-order valence-electron chi connectivity index (χ2n) is 15.7. The molecule has 0 radical (unpaired) electrons. The largest absolute Gasteiger partial charge is 0.490 e. The topological polar surface area (TPSA) is 95.9 Å². The van der Waals surface area contributed by atoms with Crippen LogP contribution in [0.3, 0.4) is 0 Å². The predicted octanol–water partition coefficient (Wildman–Crippen LogP) is 7.58. The van der Waals surface area contributed by atoms with Crippen molar-refractivity contribution >= 4 is 33.2 Å². The monoisotopic (exact) mass is 694 g/mol. The molecule has 2 bridgehead atoms. The van der Waals surface area contributed by atoms with Gasteiger partial charge in [0.1, 0.15) is 5.75 Å². The Morgan fingerprint density at radius 3 is 2.62 bits per heavy atom. The van der Waals surface area contributed by atoms with Crippen LogP contribution in [0.1, 0.15) is 106 Å². The molecule has 2 N–H and O–H groups in total. The highest BCUT2D eigenvalue weighted by atomic mass is 35.5. The van der Waals surface area contributed by atoms with Crippen molar-refractivity contribution in [3.63, 3.8) is 0 Å². The molecule has 2 saturated carbocycles. The summed E-state index contributed by atoms with van der Waals surface area (Å²) in [7, 11) is -3.95. The van der Waals surface area contributed by atoms with Crippen LogP contribution in [-0.2, 0) is 21.9 Å². The van der Waals surface area contributed by atoms with Crippen molar-refractivity contribution in [1.29, 1.82) is 0 Å². The number of nitrogens with one attached hydrogen (secondary N) is 1. The quantitative estimate of drug-likeness (QED) is 0.315. The fourth-order valence-corrected chi connectivity index (χ4v) is 10.9. The molecule has 0 saturated heterocycles. The van der Waals surface area contributed by atoms with Gasteiger partial charge in [0, 0.05) is 29.1 Å². The van der Waals surface area contributed by atoms with Crippen molar-refractivity contribution in [3.8, 4) is 5.75 Å². The van der Waals surface area contributed by atoms with Crippen LogP contribution in [0.25, 0.3) is 0 Å². The summed E-state index contributed by atoms with van der Waals surface area (Å²) in [6.07, 6.45) is 16.3. The maximum atomic E-state index is 13.5. The van der Waals surface area contributed by atoms with E-state index in [0.717, 1.165) is 68.6 Å². The number of benzene rings is 2. The number of nitrogens with zero attached hydrogens (tertiary/aromatic N) is 1. The molecule has 7 nitrogen and oxygen atoms in total. The number of rotatable bonds is 2. The van der Waals surface area contributed by atoms with Crippen molar-refractivity contribution in [2.45, 2.75) is 107 Å². The lowest BCUT2D eigenvalue weighted by Gasteiger charge is -2.50. The van der Waals surface area contributed by atoms with Gasteiger partial charge in [-0.15, -0.1) is 0 Å². The number of carbonyl (C=O) groups excluding carboxylic acids is 1. The molecule has 2 fully saturated rings. The van der Waals surface area contributed by atoms with E-state index >= 15 is 0 Å². The number of aryl methyl sites for hydroxylation is 1. The normalized spacial score (nSPS) is 34.5. The van der Waals surface area contributed by atoms with E-state index in [1.54, 1.807) is 13.0 Å². The first-order valence-corrected chi connectivity index (χ1v) is 20.2. The minimum atomic E-state index is -3.95. The standard InChI is InChI=1S/C39H51ClN2O5S/c1-26-8-6-19-39(44,22-28-9-4-3-5-10-28)34-15-12-31(34)23-42-24-38(18-7-11-29-20-32(40)14-16-33(29)38)25-47-36-17-13-30(21-35(36)42)37(43)41-48(45,46)27(26)2/h6,13-14,16-17,19-21,26-28,31,34,44H,3-5,7-12,15,18,22-25H2,1-2H3,(H,41,43)/b19-6+/t26-,27+,31-,34+,38-,39+/m0/s1. The number of hydrogen-bond acceptors (Lipinski definition) is 6. The van der Waals surface area contributed by atoms with Crippen LogP contribution in [0.5, 0.6) is 5.75 Å². The highest BCUT2D eigenvalue weighted by molar-refractivity contribution is 7.90. The first-order valence-electron chi connectivity index (χ1n) is 18.2. The van der Waals surface area contributed by atoms with Crippen molar-refractivity contribution in [2.24, 2.45) is 23.7 Å². The zero-order valence-corrected chi connectivity index (χ0v) is 30.0. The summed E-state index contributed by atoms with van der Waals surface area (Å²) in [6, 6.07) is 11.5. The Labute approximate surface area is 291 Å². The van der Waals surface area contributed by atoms with Gasteiger partial charge in [-0.25, -0.2) is 13.1 Å². The number of fused-ring (bicyclic) bond motifs is 4. The Morgan fingerprint density at radius 1 is 1.04 bits per heavy atom. The molecule has 1 amide bonds. The van der Waals surface area contributed by atoms with Crippen LogP contribution in [0, 0.1) is 23.7 Å². The van der Waals surface area contributed by atoms with Crippen LogP contribution in [-0.4, -0.2) is 50.0 Å². The molecule has 6 atom stereocenters. The lowest BCUT2D eigenvalue weighted by molar-refractivity contribution is -0.0628. The third-order valence-electron chi connectivity index (χ3n) is 12.6. The molecule has 2 aromatic rings. The number of ether oxygens (including phenoxy) is 1. The molecule has 1 spiro atoms. The number of sulfonamides is 1. The van der Waals surface area contributed by atoms with Crippen molar-refractivity contribution in [2.75, 3.05) is 24.6 Å². The summed E-state index contributed by atoms with van der Waals surface area (Å²) in [5.41, 5.74) is 2.42. The molecule has 7 rings (SSSR count). The zero-order valence-electron chi connectivity index (χ0n) is 28.4. The van der Waals surface area contributed by atoms with E-state index in [2.05, 4.69) is 21.8 Å². The molecule has 9 heteroatoms. The maximum absolute atomic E-state index is 13.5. The van der Waals surface area contributed by atoms with Gasteiger partial charge in [-0.2, -0.15) is 0 Å². The fourth-order valence-electron chi connectivity index (χ4n) is 9.45. The average Bonchev–Trinajstić information content (AvgIpc) is 3.19. The average molecular weight is 695 g/mol. The summed E-state index contributed by atoms with van der Waals surface area (Å²) in [5.74, 6) is 0.698. The smallest absolute Gasteiger partial charge is 0.264 e. The number of halogens is 1. The third kappa shape index (κ3) is 6.54. The van der Waals surface area contributed by atoms with Crippen molar-refractivity contribution < 1.29 is 23.1 Å². The number of aliphatic hydroxyl groups is 1. The maximum Gasteiger partial charge on any atom is 0.264 e. The number of anilines is 1. The first-order chi connectivity index (χ1) is 23.0. The van der Waals surface area contributed by atoms with Gasteiger partial charge < -0.3 is 14.7 Å². The van der Waals surface area contributed by atoms with Crippen LogP contribution in [0.15, 0.2) is 48.6 Å². The zero-order chi connectivity index (χ0) is 33.7. The number of amides is 1. The highest BCUT2D eigenvalue weighted by Crippen LogP contribution is 2.50. The van der Waals surface area contributed by atoms with Gasteiger partial charge in [0.2, 0.25) is 10.0 Å². The molecule has 2 heterocycles. The fraction of sp³-hybridized carbons (Fsp3) is 0.615. The Kier molecular flexibility index (Phi) is 9.40. The second kappa shape index (κ2) is 13.3. The van der Waals surface area contributed by atoms with E-state index in [0.29, 0.717) is 36.8 Å². The molecule has 260 valence electrons. The summed E-state index contributed by atoms with van der Waals surface area (Å²) >= 11 is 6.46. The summed E-state index contributed by atoms with van der Waals surface area (Å²) in [6.45, 7) is 5.49. The van der Waals surface area contributed by atoms with Gasteiger partial charge >= 0.3 is 0 Å². The molecular weight excluding hydrogens is 644 g/mol. The Hall–Kier alpha value is -2.55. The number of hydrogen-bond donors (Lipinski definition) is 2. The molecule has 0 aromatic heterocycles. The molecule has 48 heavy (non-hydrogen) atoms. The highest BCUT2D eigenvalue weighted by Gasteiger charge is 2.48. The Bertz CT molecular complexity index is 1670. The Balaban J connectivity index is 1.30. The van der Waals surface area contributed by atoms with Gasteiger partial charge in [-0.3, -0.25) is 4.79 Å². The number of allylic oxidation sites excluding steroid dienone is 1. The van der Waals surface area contributed by atoms with E-state index in [1.165, 1.54) is 30.4 Å². The lowest BCUT2D eigenvalue weighted by Crippen LogP contribution is -2.53. The van der Waals surface area contributed by atoms with Crippen molar-refractivity contribution in [3.05, 3.63) is 70.3 Å². The van der Waals surface area contributed by atoms with E-state index in [-0.39, 0.29) is 23.2 Å². The summed E-state index contributed by atoms with van der Waals surface area (Å²) < 4.78 is 35.9. The second-order valence-corrected chi connectivity index (χ2v) is 18.2. The van der Waals surface area contributed by atoms with E-state index in [4.69, 9.17) is 16.3 Å². The van der Waals surface area contributed by atoms with E-state index in [1.807, 2.05) is 37.3 Å². The van der Waals surface area contributed by atoms with E-state index < -0.39 is 26.8 Å². The van der Waals surface area contributed by atoms with Gasteiger partial charge in [0.15, 0.2) is 0 Å². The van der Waals surface area contributed by atoms with Gasteiger partial charge in [0.05, 0.1) is 23.1 Å². The molecular formula is C39H51ClN2O5S. The molecule has 5 aliphatic rings. The predicted molar refractivity (Wildman–Crippen MR) is 191 cm³/mol. The van der Waals surface area contributed by atoms with Gasteiger partial charge in [-0.1, -0.05) is 68.8 Å². The van der Waals surface area contributed by atoms with Crippen LogP contribution in [0.2, 0.25) is 5.02 Å². The molecule has 2 aliphatic heterocycles. The minimum absolute atomic E-state index is 0.104. The first kappa shape index (κ1) is 33.9. The van der Waals surface area contributed by atoms with Crippen LogP contribution >= 0.6 is 11.6 Å². The summed E-state index contributed by atoms with van der Waals surface area (Å²) in [4.78, 5) is 15.9. The lowest BCUT2D eigenvalue weighted by atomic mass is 9.61. The van der Waals surface area contributed by atoms with Crippen LogP contribution < -0.4 is 14.4 Å². The molecule has 3 aliphatic carbocycles. The SMILES string of the molecule is C[C@@H]1[C@@H](C)C/C=C/[C@@](O)(CC2CCCCC2)[C@@H]2CC[C@H]2CN2C[C@@]3(CCCc4cc(Cl)ccc43)COc3ccc(cc32)C(=O)NS1(=O)=O. The summed E-state index contributed by atoms with van der Waals surface area (Å²) in [5, 5.41) is 12.6. The van der Waals surface area contributed by atoms with E-state index in [9.17, 15) is 18.3 Å². The molecule has 0 unspecified atom stereocenters. The number of carbonyl (C=O) groups is 1. The minimum Gasteiger partial charge on any atom is -0.490 e.